The van der Waals surface area contributed by atoms with Gasteiger partial charge in [-0.3, -0.25) is 4.79 Å². The van der Waals surface area contributed by atoms with Crippen LogP contribution in [-0.4, -0.2) is 30.0 Å². The van der Waals surface area contributed by atoms with Crippen molar-refractivity contribution in [2.24, 2.45) is 12.8 Å². The number of fused-ring (bicyclic) bond motifs is 3. The first-order valence-electron chi connectivity index (χ1n) is 8.99. The number of nitrogens with two attached hydrogens (primary N) is 2. The maximum atomic E-state index is 13.0. The fourth-order valence-electron chi connectivity index (χ4n) is 3.26. The van der Waals surface area contributed by atoms with E-state index in [2.05, 4.69) is 15.1 Å². The number of anilines is 1. The van der Waals surface area contributed by atoms with Crippen molar-refractivity contribution in [3.8, 4) is 0 Å². The normalized spacial score (nSPS) is 11.8. The van der Waals surface area contributed by atoms with E-state index in [1.807, 2.05) is 19.2 Å². The van der Waals surface area contributed by atoms with E-state index in [1.165, 1.54) is 22.2 Å². The lowest BCUT2D eigenvalue weighted by Crippen LogP contribution is -2.25. The van der Waals surface area contributed by atoms with Crippen molar-refractivity contribution < 1.29 is 0 Å². The molecule has 0 atom stereocenters. The molecule has 0 saturated carbocycles. The number of thiazole rings is 1. The molecule has 5 N–H and O–H groups in total. The van der Waals surface area contributed by atoms with Crippen LogP contribution in [0, 0.1) is 5.41 Å². The highest BCUT2D eigenvalue weighted by Crippen LogP contribution is 2.31. The zero-order valence-electron chi connectivity index (χ0n) is 15.8. The number of aryl methyl sites for hydroxylation is 3. The molecule has 0 bridgehead atoms. The monoisotopic (exact) mass is 408 g/mol. The molecule has 148 valence electrons. The van der Waals surface area contributed by atoms with Gasteiger partial charge in [0.15, 0.2) is 5.65 Å². The summed E-state index contributed by atoms with van der Waals surface area (Å²) in [6.45, 7) is 0.408. The fourth-order valence-corrected chi connectivity index (χ4v) is 4.39. The summed E-state index contributed by atoms with van der Waals surface area (Å²) < 4.78 is 4.14. The van der Waals surface area contributed by atoms with Crippen LogP contribution < -0.4 is 17.0 Å². The minimum atomic E-state index is -0.167. The first-order chi connectivity index (χ1) is 14.0. The van der Waals surface area contributed by atoms with Crippen molar-refractivity contribution in [2.75, 3.05) is 5.73 Å². The van der Waals surface area contributed by atoms with Crippen LogP contribution in [0.15, 0.2) is 41.5 Å². The Kier molecular flexibility index (Phi) is 4.85. The average molecular weight is 408 g/mol. The van der Waals surface area contributed by atoms with Crippen molar-refractivity contribution in [1.82, 2.24) is 24.3 Å². The Morgan fingerprint density at radius 2 is 2.17 bits per heavy atom. The van der Waals surface area contributed by atoms with Gasteiger partial charge in [0.25, 0.3) is 5.56 Å². The second kappa shape index (κ2) is 7.47. The van der Waals surface area contributed by atoms with Crippen LogP contribution >= 0.6 is 11.3 Å². The molecule has 10 heteroatoms. The van der Waals surface area contributed by atoms with E-state index in [0.717, 1.165) is 26.4 Å². The van der Waals surface area contributed by atoms with Gasteiger partial charge in [-0.25, -0.2) is 14.6 Å². The van der Waals surface area contributed by atoms with Crippen molar-refractivity contribution in [3.05, 3.63) is 57.7 Å². The smallest absolute Gasteiger partial charge is 0.291 e. The Balaban J connectivity index is 1.68. The third kappa shape index (κ3) is 3.49. The van der Waals surface area contributed by atoms with E-state index in [1.54, 1.807) is 22.9 Å². The van der Waals surface area contributed by atoms with E-state index < -0.39 is 0 Å². The maximum absolute atomic E-state index is 13.0. The molecular weight excluding hydrogens is 388 g/mol. The first-order valence-corrected chi connectivity index (χ1v) is 9.80. The van der Waals surface area contributed by atoms with Crippen LogP contribution in [0.5, 0.6) is 0 Å². The molecule has 4 rings (SSSR count). The van der Waals surface area contributed by atoms with E-state index in [0.29, 0.717) is 36.4 Å². The van der Waals surface area contributed by atoms with Gasteiger partial charge in [-0.05, 0) is 24.4 Å². The van der Waals surface area contributed by atoms with Gasteiger partial charge < -0.3 is 21.4 Å². The van der Waals surface area contributed by atoms with E-state index in [9.17, 15) is 4.79 Å². The Bertz CT molecular complexity index is 1310. The number of hydrogen-bond acceptors (Lipinski definition) is 8. The van der Waals surface area contributed by atoms with E-state index in [-0.39, 0.29) is 5.56 Å². The number of allylic oxidation sites excluding steroid dienone is 1. The number of pyridine rings is 1. The SMILES string of the molecule is Cn1c2nc(CC(=N)/C=C\N)sc2c2cnn(CCc3cccc(N)n3)c(=O)c21. The lowest BCUT2D eigenvalue weighted by molar-refractivity contribution is 0.577. The molecule has 0 unspecified atom stereocenters. The molecule has 4 aromatic heterocycles. The molecule has 0 aliphatic carbocycles. The van der Waals surface area contributed by atoms with Gasteiger partial charge in [-0.1, -0.05) is 6.07 Å². The Morgan fingerprint density at radius 3 is 2.93 bits per heavy atom. The number of aromatic nitrogens is 5. The van der Waals surface area contributed by atoms with Gasteiger partial charge in [0.05, 0.1) is 17.4 Å². The largest absolute Gasteiger partial charge is 0.405 e. The summed E-state index contributed by atoms with van der Waals surface area (Å²) in [7, 11) is 1.82. The predicted octanol–water partition coefficient (Wildman–Crippen LogP) is 1.60. The van der Waals surface area contributed by atoms with Crippen LogP contribution in [-0.2, 0) is 26.4 Å². The van der Waals surface area contributed by atoms with Crippen LogP contribution in [0.2, 0.25) is 0 Å². The Hall–Kier alpha value is -3.53. The third-order valence-corrected chi connectivity index (χ3v) is 5.69. The molecular formula is C19H20N8OS. The molecule has 0 amide bonds. The molecule has 4 aromatic rings. The zero-order valence-corrected chi connectivity index (χ0v) is 16.6. The number of nitrogens with one attached hydrogen (secondary N) is 1. The van der Waals surface area contributed by atoms with Crippen molar-refractivity contribution in [1.29, 1.82) is 5.41 Å². The molecule has 9 nitrogen and oxygen atoms in total. The molecule has 0 fully saturated rings. The summed E-state index contributed by atoms with van der Waals surface area (Å²) in [5, 5.41) is 13.8. The third-order valence-electron chi connectivity index (χ3n) is 4.62. The predicted molar refractivity (Wildman–Crippen MR) is 115 cm³/mol. The molecule has 0 aromatic carbocycles. The summed E-state index contributed by atoms with van der Waals surface area (Å²) in [6, 6.07) is 5.45. The number of nitrogen functional groups attached to an aromatic ring is 1. The second-order valence-electron chi connectivity index (χ2n) is 6.62. The lowest BCUT2D eigenvalue weighted by atomic mass is 10.2. The van der Waals surface area contributed by atoms with Crippen molar-refractivity contribution >= 4 is 44.1 Å². The summed E-state index contributed by atoms with van der Waals surface area (Å²) in [5.74, 6) is 0.456. The minimum absolute atomic E-state index is 0.167. The van der Waals surface area contributed by atoms with Crippen LogP contribution in [0.3, 0.4) is 0 Å². The highest BCUT2D eigenvalue weighted by atomic mass is 32.1. The zero-order chi connectivity index (χ0) is 20.5. The summed E-state index contributed by atoms with van der Waals surface area (Å²) in [5.41, 5.74) is 13.4. The number of hydrogen-bond donors (Lipinski definition) is 3. The standard InChI is InChI=1S/C19H20N8OS/c1-26-16-13(17-18(26)25-15(29-17)9-11(21)5-7-20)10-23-27(19(16)28)8-6-12-3-2-4-14(22)24-12/h2-5,7,10,21H,6,8-9,20H2,1H3,(H2,22,24)/b7-5-,21-11?. The van der Waals surface area contributed by atoms with Gasteiger partial charge in [0.1, 0.15) is 16.3 Å². The molecule has 29 heavy (non-hydrogen) atoms. The van der Waals surface area contributed by atoms with Crippen LogP contribution in [0.25, 0.3) is 21.3 Å². The Labute approximate surface area is 169 Å². The summed E-state index contributed by atoms with van der Waals surface area (Å²) in [6.07, 6.45) is 5.54. The minimum Gasteiger partial charge on any atom is -0.405 e. The topological polar surface area (TPSA) is 141 Å². The molecule has 4 heterocycles. The maximum Gasteiger partial charge on any atom is 0.291 e. The molecule has 0 aliphatic rings. The lowest BCUT2D eigenvalue weighted by Gasteiger charge is -2.06. The summed E-state index contributed by atoms with van der Waals surface area (Å²) >= 11 is 1.47. The first kappa shape index (κ1) is 18.8. The highest BCUT2D eigenvalue weighted by molar-refractivity contribution is 7.19. The van der Waals surface area contributed by atoms with Gasteiger partial charge in [-0.2, -0.15) is 5.10 Å². The van der Waals surface area contributed by atoms with Gasteiger partial charge >= 0.3 is 0 Å². The van der Waals surface area contributed by atoms with E-state index in [4.69, 9.17) is 16.9 Å². The van der Waals surface area contributed by atoms with E-state index >= 15 is 0 Å². The van der Waals surface area contributed by atoms with Crippen LogP contribution in [0.1, 0.15) is 10.7 Å². The van der Waals surface area contributed by atoms with Gasteiger partial charge in [0.2, 0.25) is 0 Å². The highest BCUT2D eigenvalue weighted by Gasteiger charge is 2.18. The van der Waals surface area contributed by atoms with Crippen molar-refractivity contribution in [3.63, 3.8) is 0 Å². The van der Waals surface area contributed by atoms with Gasteiger partial charge in [0, 0.05) is 36.7 Å². The quantitative estimate of drug-likeness (QED) is 0.414. The molecule has 0 saturated heterocycles. The second-order valence-corrected chi connectivity index (χ2v) is 7.70. The fraction of sp³-hybridized carbons (Fsp3) is 0.211. The molecule has 0 spiro atoms. The average Bonchev–Trinajstić information content (AvgIpc) is 3.20. The van der Waals surface area contributed by atoms with Crippen molar-refractivity contribution in [2.45, 2.75) is 19.4 Å². The Morgan fingerprint density at radius 1 is 1.34 bits per heavy atom. The van der Waals surface area contributed by atoms with Crippen LogP contribution in [0.4, 0.5) is 5.82 Å². The number of nitrogens with zero attached hydrogens (tertiary/aromatic N) is 5. The molecule has 0 radical (unpaired) electrons. The molecule has 0 aliphatic heterocycles. The summed E-state index contributed by atoms with van der Waals surface area (Å²) in [4.78, 5) is 21.9. The number of rotatable bonds is 6. The van der Waals surface area contributed by atoms with Gasteiger partial charge in [-0.15, -0.1) is 11.3 Å².